The third-order valence-corrected chi connectivity index (χ3v) is 1.24. The van der Waals surface area contributed by atoms with Crippen LogP contribution in [0.2, 0.25) is 0 Å². The molecule has 76 valence electrons. The highest BCUT2D eigenvalue weighted by Gasteiger charge is 2.18. The molecule has 0 aromatic heterocycles. The zero-order valence-electron chi connectivity index (χ0n) is 7.57. The molecule has 0 aromatic rings. The van der Waals surface area contributed by atoms with Gasteiger partial charge in [0.15, 0.2) is 6.04 Å². The summed E-state index contributed by atoms with van der Waals surface area (Å²) in [6.07, 6.45) is 0. The highest BCUT2D eigenvalue weighted by atomic mass is 16.5. The monoisotopic (exact) mass is 191 g/mol. The second kappa shape index (κ2) is 6.38. The van der Waals surface area contributed by atoms with Gasteiger partial charge < -0.3 is 19.9 Å². The number of methoxy groups -OCH3 is 2. The van der Waals surface area contributed by atoms with Gasteiger partial charge in [-0.3, -0.25) is 4.79 Å². The molecule has 0 aliphatic rings. The van der Waals surface area contributed by atoms with Crippen LogP contribution in [0.25, 0.3) is 0 Å². The van der Waals surface area contributed by atoms with Crippen molar-refractivity contribution in [3.8, 4) is 0 Å². The van der Waals surface area contributed by atoms with Crippen LogP contribution in [0, 0.1) is 0 Å². The number of ether oxygens (including phenoxy) is 2. The van der Waals surface area contributed by atoms with E-state index in [1.807, 2.05) is 0 Å². The lowest BCUT2D eigenvalue weighted by atomic mass is 10.3. The highest BCUT2D eigenvalue weighted by Crippen LogP contribution is 1.85. The number of carboxylic acid groups (broad SMARTS) is 1. The van der Waals surface area contributed by atoms with Gasteiger partial charge >= 0.3 is 5.97 Å². The number of nitrogens with one attached hydrogen (secondary N) is 1. The van der Waals surface area contributed by atoms with E-state index in [9.17, 15) is 9.59 Å². The minimum absolute atomic E-state index is 0.0647. The zero-order chi connectivity index (χ0) is 10.3. The number of hydrogen-bond donors (Lipinski definition) is 2. The Bertz CT molecular complexity index is 182. The molecular weight excluding hydrogens is 178 g/mol. The van der Waals surface area contributed by atoms with E-state index in [1.165, 1.54) is 14.2 Å². The molecule has 0 saturated carbocycles. The van der Waals surface area contributed by atoms with E-state index in [0.29, 0.717) is 0 Å². The normalized spacial score (nSPS) is 12.2. The van der Waals surface area contributed by atoms with Gasteiger partial charge in [-0.05, 0) is 0 Å². The molecule has 2 N–H and O–H groups in total. The highest BCUT2D eigenvalue weighted by molar-refractivity contribution is 5.84. The number of carboxylic acids is 1. The fraction of sp³-hybridized carbons (Fsp3) is 0.714. The van der Waals surface area contributed by atoms with Crippen LogP contribution in [-0.2, 0) is 19.1 Å². The smallest absolute Gasteiger partial charge is 0.328 e. The van der Waals surface area contributed by atoms with Gasteiger partial charge in [-0.15, -0.1) is 0 Å². The predicted octanol–water partition coefficient (Wildman–Crippen LogP) is -1.15. The Kier molecular flexibility index (Phi) is 5.82. The van der Waals surface area contributed by atoms with Crippen molar-refractivity contribution in [1.82, 2.24) is 5.32 Å². The Hall–Kier alpha value is -1.14. The molecule has 6 nitrogen and oxygen atoms in total. The maximum absolute atomic E-state index is 10.9. The van der Waals surface area contributed by atoms with Crippen molar-refractivity contribution in [1.29, 1.82) is 0 Å². The quantitative estimate of drug-likeness (QED) is 0.553. The molecule has 0 saturated heterocycles. The number of aliphatic carboxylic acids is 1. The molecule has 0 fully saturated rings. The summed E-state index contributed by atoms with van der Waals surface area (Å²) in [7, 11) is 2.71. The van der Waals surface area contributed by atoms with Crippen LogP contribution < -0.4 is 5.32 Å². The molecule has 0 heterocycles. The molecular formula is C7H13NO5. The summed E-state index contributed by atoms with van der Waals surface area (Å²) in [5.41, 5.74) is 0. The first-order valence-electron chi connectivity index (χ1n) is 3.61. The second-order valence-electron chi connectivity index (χ2n) is 2.35. The van der Waals surface area contributed by atoms with E-state index in [0.717, 1.165) is 0 Å². The van der Waals surface area contributed by atoms with Crippen LogP contribution in [0.1, 0.15) is 0 Å². The van der Waals surface area contributed by atoms with E-state index < -0.39 is 17.9 Å². The number of rotatable bonds is 6. The van der Waals surface area contributed by atoms with E-state index in [-0.39, 0.29) is 13.2 Å². The van der Waals surface area contributed by atoms with Crippen molar-refractivity contribution in [3.05, 3.63) is 0 Å². The number of hydrogen-bond acceptors (Lipinski definition) is 4. The summed E-state index contributed by atoms with van der Waals surface area (Å²) in [6.45, 7) is -0.224. The second-order valence-corrected chi connectivity index (χ2v) is 2.35. The summed E-state index contributed by atoms with van der Waals surface area (Å²) >= 11 is 0. The minimum Gasteiger partial charge on any atom is -0.480 e. The van der Waals surface area contributed by atoms with Crippen molar-refractivity contribution in [3.63, 3.8) is 0 Å². The third-order valence-electron chi connectivity index (χ3n) is 1.24. The number of amides is 1. The number of carbonyl (C=O) groups excluding carboxylic acids is 1. The van der Waals surface area contributed by atoms with Gasteiger partial charge in [-0.25, -0.2) is 4.79 Å². The molecule has 0 aromatic carbocycles. The SMILES string of the molecule is COCC(=O)NC(COC)C(=O)O. The van der Waals surface area contributed by atoms with E-state index in [2.05, 4.69) is 14.8 Å². The average Bonchev–Trinajstić information content (AvgIpc) is 2.04. The molecule has 13 heavy (non-hydrogen) atoms. The Morgan fingerprint density at radius 1 is 1.38 bits per heavy atom. The first-order chi connectivity index (χ1) is 6.11. The molecule has 6 heteroatoms. The Morgan fingerprint density at radius 2 is 2.00 bits per heavy atom. The molecule has 1 atom stereocenters. The molecule has 0 aliphatic carbocycles. The average molecular weight is 191 g/mol. The molecule has 0 bridgehead atoms. The van der Waals surface area contributed by atoms with Crippen molar-refractivity contribution in [2.75, 3.05) is 27.4 Å². The van der Waals surface area contributed by atoms with E-state index in [4.69, 9.17) is 5.11 Å². The Morgan fingerprint density at radius 3 is 2.38 bits per heavy atom. The van der Waals surface area contributed by atoms with Crippen molar-refractivity contribution in [2.24, 2.45) is 0 Å². The van der Waals surface area contributed by atoms with Crippen molar-refractivity contribution in [2.45, 2.75) is 6.04 Å². The van der Waals surface area contributed by atoms with Gasteiger partial charge in [0.05, 0.1) is 6.61 Å². The summed E-state index contributed by atoms with van der Waals surface area (Å²) < 4.78 is 9.12. The fourth-order valence-electron chi connectivity index (χ4n) is 0.708. The van der Waals surface area contributed by atoms with Gasteiger partial charge in [0.2, 0.25) is 5.91 Å². The first-order valence-corrected chi connectivity index (χ1v) is 3.61. The van der Waals surface area contributed by atoms with Gasteiger partial charge in [0.1, 0.15) is 6.61 Å². The van der Waals surface area contributed by atoms with Crippen molar-refractivity contribution >= 4 is 11.9 Å². The summed E-state index contributed by atoms with van der Waals surface area (Å²) in [5, 5.41) is 10.8. The Labute approximate surface area is 75.8 Å². The van der Waals surface area contributed by atoms with Crippen LogP contribution in [0.4, 0.5) is 0 Å². The topological polar surface area (TPSA) is 84.9 Å². The summed E-state index contributed by atoms with van der Waals surface area (Å²) in [4.78, 5) is 21.4. The summed E-state index contributed by atoms with van der Waals surface area (Å²) in [5.74, 6) is -1.61. The van der Waals surface area contributed by atoms with Crippen LogP contribution >= 0.6 is 0 Å². The van der Waals surface area contributed by atoms with Gasteiger partial charge in [-0.2, -0.15) is 0 Å². The van der Waals surface area contributed by atoms with Crippen LogP contribution in [0.5, 0.6) is 0 Å². The molecule has 0 aliphatic heterocycles. The van der Waals surface area contributed by atoms with Crippen LogP contribution in [0.3, 0.4) is 0 Å². The van der Waals surface area contributed by atoms with Crippen LogP contribution in [-0.4, -0.2) is 50.5 Å². The van der Waals surface area contributed by atoms with Gasteiger partial charge in [-0.1, -0.05) is 0 Å². The third kappa shape index (κ3) is 5.15. The molecule has 0 radical (unpaired) electrons. The van der Waals surface area contributed by atoms with Gasteiger partial charge in [0.25, 0.3) is 0 Å². The van der Waals surface area contributed by atoms with Gasteiger partial charge in [0, 0.05) is 14.2 Å². The van der Waals surface area contributed by atoms with Crippen LogP contribution in [0.15, 0.2) is 0 Å². The molecule has 0 spiro atoms. The molecule has 0 rings (SSSR count). The standard InChI is InChI=1S/C7H13NO5/c1-12-3-5(7(10)11)8-6(9)4-13-2/h5H,3-4H2,1-2H3,(H,8,9)(H,10,11). The number of carbonyl (C=O) groups is 2. The lowest BCUT2D eigenvalue weighted by Gasteiger charge is -2.12. The zero-order valence-corrected chi connectivity index (χ0v) is 7.57. The Balaban J connectivity index is 3.94. The predicted molar refractivity (Wildman–Crippen MR) is 43.3 cm³/mol. The van der Waals surface area contributed by atoms with E-state index in [1.54, 1.807) is 0 Å². The lowest BCUT2D eigenvalue weighted by Crippen LogP contribution is -2.45. The summed E-state index contributed by atoms with van der Waals surface area (Å²) in [6, 6.07) is -1.02. The fourth-order valence-corrected chi connectivity index (χ4v) is 0.708. The maximum atomic E-state index is 10.9. The first kappa shape index (κ1) is 11.9. The minimum atomic E-state index is -1.13. The molecule has 1 unspecified atom stereocenters. The van der Waals surface area contributed by atoms with Crippen molar-refractivity contribution < 1.29 is 24.2 Å². The van der Waals surface area contributed by atoms with E-state index >= 15 is 0 Å². The molecule has 1 amide bonds. The maximum Gasteiger partial charge on any atom is 0.328 e. The lowest BCUT2D eigenvalue weighted by molar-refractivity contribution is -0.143. The largest absolute Gasteiger partial charge is 0.480 e.